The summed E-state index contributed by atoms with van der Waals surface area (Å²) in [7, 11) is 1.55. The maximum Gasteiger partial charge on any atom is 0.119 e. The van der Waals surface area contributed by atoms with Gasteiger partial charge in [-0.05, 0) is 24.6 Å². The summed E-state index contributed by atoms with van der Waals surface area (Å²) in [4.78, 5) is 0. The van der Waals surface area contributed by atoms with Crippen molar-refractivity contribution in [1.29, 1.82) is 0 Å². The molecule has 0 radical (unpaired) electrons. The Labute approximate surface area is 82.6 Å². The zero-order valence-corrected chi connectivity index (χ0v) is 8.25. The van der Waals surface area contributed by atoms with Gasteiger partial charge in [-0.1, -0.05) is 12.1 Å². The molecule has 0 heterocycles. The lowest BCUT2D eigenvalue weighted by molar-refractivity contribution is 0.347. The Bertz CT molecular complexity index is 341. The fraction of sp³-hybridized carbons (Fsp3) is 0.273. The van der Waals surface area contributed by atoms with E-state index in [1.807, 2.05) is 0 Å². The first kappa shape index (κ1) is 10.7. The van der Waals surface area contributed by atoms with Gasteiger partial charge in [0.25, 0.3) is 0 Å². The van der Waals surface area contributed by atoms with Gasteiger partial charge in [0.05, 0.1) is 13.7 Å². The standard InChI is InChI=1S/C11H13FO2/c1-8(12)11(7-13)9-4-3-5-10(6-9)14-2/h3-6,13H,7H2,1-2H3/b11-8-. The largest absolute Gasteiger partial charge is 0.497 e. The number of aliphatic hydroxyl groups excluding tert-OH is 1. The van der Waals surface area contributed by atoms with E-state index in [9.17, 15) is 4.39 Å². The summed E-state index contributed by atoms with van der Waals surface area (Å²) in [5.41, 5.74) is 0.941. The van der Waals surface area contributed by atoms with Gasteiger partial charge >= 0.3 is 0 Å². The minimum atomic E-state index is -0.374. The van der Waals surface area contributed by atoms with Crippen molar-refractivity contribution in [3.63, 3.8) is 0 Å². The molecule has 0 atom stereocenters. The SMILES string of the molecule is COc1cccc(/C(CO)=C(/C)F)c1. The summed E-state index contributed by atoms with van der Waals surface area (Å²) in [5, 5.41) is 8.97. The summed E-state index contributed by atoms with van der Waals surface area (Å²) in [5.74, 6) is 0.274. The first-order chi connectivity index (χ1) is 6.69. The van der Waals surface area contributed by atoms with Crippen molar-refractivity contribution in [1.82, 2.24) is 0 Å². The lowest BCUT2D eigenvalue weighted by Crippen LogP contribution is -1.93. The van der Waals surface area contributed by atoms with Crippen LogP contribution in [0.25, 0.3) is 5.57 Å². The molecule has 0 amide bonds. The second-order valence-electron chi connectivity index (χ2n) is 2.90. The molecule has 0 aliphatic carbocycles. The molecule has 1 aromatic rings. The number of ether oxygens (including phenoxy) is 1. The second kappa shape index (κ2) is 4.77. The highest BCUT2D eigenvalue weighted by atomic mass is 19.1. The molecule has 1 N–H and O–H groups in total. The number of hydrogen-bond donors (Lipinski definition) is 1. The van der Waals surface area contributed by atoms with E-state index in [0.29, 0.717) is 16.9 Å². The Morgan fingerprint density at radius 2 is 2.21 bits per heavy atom. The number of benzene rings is 1. The number of allylic oxidation sites excluding steroid dienone is 1. The number of aliphatic hydroxyl groups is 1. The fourth-order valence-electron chi connectivity index (χ4n) is 1.21. The molecule has 0 fully saturated rings. The van der Waals surface area contributed by atoms with Gasteiger partial charge in [0, 0.05) is 5.57 Å². The second-order valence-corrected chi connectivity index (χ2v) is 2.90. The minimum Gasteiger partial charge on any atom is -0.497 e. The quantitative estimate of drug-likeness (QED) is 0.804. The average Bonchev–Trinajstić information content (AvgIpc) is 2.19. The van der Waals surface area contributed by atoms with Gasteiger partial charge in [-0.2, -0.15) is 0 Å². The van der Waals surface area contributed by atoms with Crippen LogP contribution in [0.15, 0.2) is 30.1 Å². The lowest BCUT2D eigenvalue weighted by Gasteiger charge is -2.06. The molecule has 76 valence electrons. The van der Waals surface area contributed by atoms with Crippen molar-refractivity contribution in [2.45, 2.75) is 6.92 Å². The summed E-state index contributed by atoms with van der Waals surface area (Å²) in [6.07, 6.45) is 0. The van der Waals surface area contributed by atoms with Gasteiger partial charge in [0.15, 0.2) is 0 Å². The van der Waals surface area contributed by atoms with Crippen LogP contribution in [-0.2, 0) is 0 Å². The van der Waals surface area contributed by atoms with Gasteiger partial charge in [-0.25, -0.2) is 4.39 Å². The van der Waals surface area contributed by atoms with Gasteiger partial charge in [-0.15, -0.1) is 0 Å². The zero-order chi connectivity index (χ0) is 10.6. The molecular formula is C11H13FO2. The van der Waals surface area contributed by atoms with E-state index in [2.05, 4.69) is 0 Å². The highest BCUT2D eigenvalue weighted by Gasteiger charge is 2.05. The van der Waals surface area contributed by atoms with E-state index >= 15 is 0 Å². The maximum atomic E-state index is 13.0. The first-order valence-electron chi connectivity index (χ1n) is 4.29. The molecule has 14 heavy (non-hydrogen) atoms. The van der Waals surface area contributed by atoms with Gasteiger partial charge < -0.3 is 9.84 Å². The van der Waals surface area contributed by atoms with Gasteiger partial charge in [0.1, 0.15) is 11.6 Å². The predicted octanol–water partition coefficient (Wildman–Crippen LogP) is 2.39. The molecule has 0 aliphatic rings. The molecule has 2 nitrogen and oxygen atoms in total. The van der Waals surface area contributed by atoms with Crippen molar-refractivity contribution in [3.05, 3.63) is 35.7 Å². The Balaban J connectivity index is 3.12. The van der Waals surface area contributed by atoms with E-state index in [0.717, 1.165) is 0 Å². The van der Waals surface area contributed by atoms with Crippen LogP contribution in [0.3, 0.4) is 0 Å². The van der Waals surface area contributed by atoms with Crippen molar-refractivity contribution in [2.75, 3.05) is 13.7 Å². The van der Waals surface area contributed by atoms with Crippen LogP contribution in [-0.4, -0.2) is 18.8 Å². The monoisotopic (exact) mass is 196 g/mol. The van der Waals surface area contributed by atoms with Crippen LogP contribution in [0.1, 0.15) is 12.5 Å². The molecule has 0 saturated heterocycles. The van der Waals surface area contributed by atoms with E-state index in [-0.39, 0.29) is 12.4 Å². The highest BCUT2D eigenvalue weighted by molar-refractivity contribution is 5.68. The fourth-order valence-corrected chi connectivity index (χ4v) is 1.21. The first-order valence-corrected chi connectivity index (χ1v) is 4.29. The summed E-state index contributed by atoms with van der Waals surface area (Å²) >= 11 is 0. The number of methoxy groups -OCH3 is 1. The molecular weight excluding hydrogens is 183 g/mol. The summed E-state index contributed by atoms with van der Waals surface area (Å²) in [6.45, 7) is 1.01. The molecule has 0 bridgehead atoms. The van der Waals surface area contributed by atoms with E-state index in [4.69, 9.17) is 9.84 Å². The van der Waals surface area contributed by atoms with Crippen LogP contribution in [0.4, 0.5) is 4.39 Å². The Morgan fingerprint density at radius 3 is 2.71 bits per heavy atom. The third kappa shape index (κ3) is 2.33. The summed E-state index contributed by atoms with van der Waals surface area (Å²) in [6, 6.07) is 6.95. The van der Waals surface area contributed by atoms with E-state index in [1.54, 1.807) is 31.4 Å². The van der Waals surface area contributed by atoms with Gasteiger partial charge in [-0.3, -0.25) is 0 Å². The van der Waals surface area contributed by atoms with Gasteiger partial charge in [0.2, 0.25) is 0 Å². The highest BCUT2D eigenvalue weighted by Crippen LogP contribution is 2.22. The maximum absolute atomic E-state index is 13.0. The average molecular weight is 196 g/mol. The third-order valence-electron chi connectivity index (χ3n) is 1.99. The van der Waals surface area contributed by atoms with Crippen molar-refractivity contribution >= 4 is 5.57 Å². The molecule has 0 aliphatic heterocycles. The molecule has 0 spiro atoms. The van der Waals surface area contributed by atoms with E-state index < -0.39 is 0 Å². The van der Waals surface area contributed by atoms with Crippen molar-refractivity contribution in [3.8, 4) is 5.75 Å². The Kier molecular flexibility index (Phi) is 3.65. The number of rotatable bonds is 3. The smallest absolute Gasteiger partial charge is 0.119 e. The van der Waals surface area contributed by atoms with Crippen molar-refractivity contribution in [2.24, 2.45) is 0 Å². The molecule has 0 aromatic heterocycles. The molecule has 0 unspecified atom stereocenters. The predicted molar refractivity (Wildman–Crippen MR) is 53.8 cm³/mol. The Morgan fingerprint density at radius 1 is 1.50 bits per heavy atom. The molecule has 3 heteroatoms. The number of halogens is 1. The Hall–Kier alpha value is -1.35. The lowest BCUT2D eigenvalue weighted by atomic mass is 10.1. The minimum absolute atomic E-state index is 0.295. The third-order valence-corrected chi connectivity index (χ3v) is 1.99. The number of hydrogen-bond acceptors (Lipinski definition) is 2. The van der Waals surface area contributed by atoms with Crippen LogP contribution >= 0.6 is 0 Å². The normalized spacial score (nSPS) is 12.3. The molecule has 0 saturated carbocycles. The van der Waals surface area contributed by atoms with Crippen molar-refractivity contribution < 1.29 is 14.2 Å². The van der Waals surface area contributed by atoms with Crippen LogP contribution in [0.2, 0.25) is 0 Å². The summed E-state index contributed by atoms with van der Waals surface area (Å²) < 4.78 is 18.0. The van der Waals surface area contributed by atoms with Crippen LogP contribution < -0.4 is 4.74 Å². The zero-order valence-electron chi connectivity index (χ0n) is 8.25. The van der Waals surface area contributed by atoms with Crippen LogP contribution in [0.5, 0.6) is 5.75 Å². The molecule has 1 rings (SSSR count). The molecule has 1 aromatic carbocycles. The topological polar surface area (TPSA) is 29.5 Å². The van der Waals surface area contributed by atoms with Crippen LogP contribution in [0, 0.1) is 0 Å². The van der Waals surface area contributed by atoms with E-state index in [1.165, 1.54) is 6.92 Å².